The Morgan fingerprint density at radius 1 is 1.12 bits per heavy atom. The Labute approximate surface area is 147 Å². The second kappa shape index (κ2) is 7.49. The lowest BCUT2D eigenvalue weighted by Gasteiger charge is -2.23. The Kier molecular flexibility index (Phi) is 5.14. The summed E-state index contributed by atoms with van der Waals surface area (Å²) < 4.78 is 5.47. The molecule has 0 aliphatic carbocycles. The molecule has 2 amide bonds. The molecule has 1 aliphatic heterocycles. The van der Waals surface area contributed by atoms with Crippen LogP contribution in [0.5, 0.6) is 5.75 Å². The van der Waals surface area contributed by atoms with Crippen LogP contribution in [0.25, 0.3) is 0 Å². The first-order valence-electron chi connectivity index (χ1n) is 8.44. The Morgan fingerprint density at radius 3 is 2.60 bits per heavy atom. The van der Waals surface area contributed by atoms with Gasteiger partial charge in [-0.1, -0.05) is 36.4 Å². The minimum atomic E-state index is -0.441. The largest absolute Gasteiger partial charge is 0.494 e. The van der Waals surface area contributed by atoms with Gasteiger partial charge in [0.15, 0.2) is 0 Å². The van der Waals surface area contributed by atoms with Crippen LogP contribution in [0.4, 0.5) is 5.69 Å². The first-order chi connectivity index (χ1) is 12.1. The highest BCUT2D eigenvalue weighted by molar-refractivity contribution is 6.22. The van der Waals surface area contributed by atoms with Crippen LogP contribution < -0.4 is 9.64 Å². The van der Waals surface area contributed by atoms with Gasteiger partial charge in [-0.2, -0.15) is 0 Å². The topological polar surface area (TPSA) is 49.9 Å². The van der Waals surface area contributed by atoms with Crippen molar-refractivity contribution in [1.29, 1.82) is 0 Å². The minimum Gasteiger partial charge on any atom is -0.494 e. The molecule has 0 saturated carbocycles. The maximum absolute atomic E-state index is 12.8. The summed E-state index contributed by atoms with van der Waals surface area (Å²) in [7, 11) is 1.88. The third-order valence-electron chi connectivity index (χ3n) is 4.32. The Hall–Kier alpha value is -2.66. The molecular weight excluding hydrogens is 316 g/mol. The van der Waals surface area contributed by atoms with Crippen molar-refractivity contribution in [2.75, 3.05) is 18.6 Å². The van der Waals surface area contributed by atoms with E-state index in [1.54, 1.807) is 18.2 Å². The Bertz CT molecular complexity index is 761. The number of carbonyl (C=O) groups excluding carboxylic acids is 2. The number of ether oxygens (including phenoxy) is 1. The van der Waals surface area contributed by atoms with Gasteiger partial charge in [0.1, 0.15) is 5.75 Å². The molecule has 0 N–H and O–H groups in total. The van der Waals surface area contributed by atoms with Gasteiger partial charge < -0.3 is 4.74 Å². The van der Waals surface area contributed by atoms with Crippen molar-refractivity contribution >= 4 is 17.5 Å². The highest BCUT2D eigenvalue weighted by atomic mass is 16.5. The van der Waals surface area contributed by atoms with Crippen molar-refractivity contribution in [1.82, 2.24) is 4.90 Å². The van der Waals surface area contributed by atoms with Crippen molar-refractivity contribution in [2.45, 2.75) is 25.9 Å². The number of anilines is 1. The number of rotatable bonds is 6. The van der Waals surface area contributed by atoms with Crippen LogP contribution in [-0.2, 0) is 16.1 Å². The molecule has 3 rings (SSSR count). The van der Waals surface area contributed by atoms with Gasteiger partial charge in [-0.15, -0.1) is 0 Å². The van der Waals surface area contributed by atoms with Gasteiger partial charge in [0.05, 0.1) is 24.8 Å². The molecule has 2 aromatic carbocycles. The molecule has 25 heavy (non-hydrogen) atoms. The molecule has 2 aromatic rings. The summed E-state index contributed by atoms with van der Waals surface area (Å²) in [5.74, 6) is 0.294. The summed E-state index contributed by atoms with van der Waals surface area (Å²) in [6.45, 7) is 3.05. The van der Waals surface area contributed by atoms with E-state index in [9.17, 15) is 9.59 Å². The molecule has 1 atom stereocenters. The van der Waals surface area contributed by atoms with Gasteiger partial charge in [-0.3, -0.25) is 14.5 Å². The standard InChI is InChI=1S/C20H22N2O3/c1-3-25-17-11-7-10-16(12-17)22-19(23)13-18(20(22)24)21(2)14-15-8-5-4-6-9-15/h4-12,18H,3,13-14H2,1-2H3. The fourth-order valence-electron chi connectivity index (χ4n) is 3.09. The number of imide groups is 1. The molecule has 5 heteroatoms. The lowest BCUT2D eigenvalue weighted by atomic mass is 10.1. The van der Waals surface area contributed by atoms with E-state index >= 15 is 0 Å². The van der Waals surface area contributed by atoms with Crippen molar-refractivity contribution in [3.05, 3.63) is 60.2 Å². The van der Waals surface area contributed by atoms with Gasteiger partial charge >= 0.3 is 0 Å². The monoisotopic (exact) mass is 338 g/mol. The molecule has 1 fully saturated rings. The van der Waals surface area contributed by atoms with E-state index in [1.807, 2.05) is 55.3 Å². The third-order valence-corrected chi connectivity index (χ3v) is 4.32. The van der Waals surface area contributed by atoms with Gasteiger partial charge in [-0.25, -0.2) is 4.90 Å². The zero-order valence-electron chi connectivity index (χ0n) is 14.5. The highest BCUT2D eigenvalue weighted by Crippen LogP contribution is 2.28. The molecule has 0 aromatic heterocycles. The van der Waals surface area contributed by atoms with Crippen molar-refractivity contribution in [3.8, 4) is 5.75 Å². The molecular formula is C20H22N2O3. The second-order valence-corrected chi connectivity index (χ2v) is 6.12. The van der Waals surface area contributed by atoms with E-state index in [1.165, 1.54) is 4.90 Å². The van der Waals surface area contributed by atoms with Crippen molar-refractivity contribution in [2.24, 2.45) is 0 Å². The predicted octanol–water partition coefficient (Wildman–Crippen LogP) is 2.85. The smallest absolute Gasteiger partial charge is 0.251 e. The minimum absolute atomic E-state index is 0.177. The zero-order valence-corrected chi connectivity index (χ0v) is 14.5. The number of carbonyl (C=O) groups is 2. The predicted molar refractivity (Wildman–Crippen MR) is 96.4 cm³/mol. The third kappa shape index (κ3) is 3.72. The number of benzene rings is 2. The first kappa shape index (κ1) is 17.2. The van der Waals surface area contributed by atoms with E-state index in [-0.39, 0.29) is 18.2 Å². The van der Waals surface area contributed by atoms with Crippen molar-refractivity contribution in [3.63, 3.8) is 0 Å². The van der Waals surface area contributed by atoms with Crippen LogP contribution in [0.15, 0.2) is 54.6 Å². The van der Waals surface area contributed by atoms with Gasteiger partial charge in [0, 0.05) is 12.6 Å². The lowest BCUT2D eigenvalue weighted by molar-refractivity contribution is -0.122. The number of hydrogen-bond donors (Lipinski definition) is 0. The number of amides is 2. The van der Waals surface area contributed by atoms with Crippen LogP contribution >= 0.6 is 0 Å². The zero-order chi connectivity index (χ0) is 17.8. The van der Waals surface area contributed by atoms with Gasteiger partial charge in [0.25, 0.3) is 5.91 Å². The molecule has 0 radical (unpaired) electrons. The highest BCUT2D eigenvalue weighted by Gasteiger charge is 2.41. The van der Waals surface area contributed by atoms with Crippen LogP contribution in [0.1, 0.15) is 18.9 Å². The maximum Gasteiger partial charge on any atom is 0.251 e. The van der Waals surface area contributed by atoms with E-state index < -0.39 is 6.04 Å². The normalized spacial score (nSPS) is 17.4. The summed E-state index contributed by atoms with van der Waals surface area (Å²) in [6.07, 6.45) is 0.195. The number of hydrogen-bond acceptors (Lipinski definition) is 4. The van der Waals surface area contributed by atoms with E-state index in [0.29, 0.717) is 24.6 Å². The van der Waals surface area contributed by atoms with Crippen LogP contribution in [-0.4, -0.2) is 36.4 Å². The Morgan fingerprint density at radius 2 is 1.88 bits per heavy atom. The van der Waals surface area contributed by atoms with Crippen LogP contribution in [0, 0.1) is 0 Å². The first-order valence-corrected chi connectivity index (χ1v) is 8.44. The molecule has 1 heterocycles. The molecule has 0 spiro atoms. The molecule has 1 saturated heterocycles. The fraction of sp³-hybridized carbons (Fsp3) is 0.300. The van der Waals surface area contributed by atoms with E-state index in [4.69, 9.17) is 4.74 Å². The summed E-state index contributed by atoms with van der Waals surface area (Å²) in [5, 5.41) is 0. The maximum atomic E-state index is 12.8. The van der Waals surface area contributed by atoms with E-state index in [0.717, 1.165) is 5.56 Å². The SMILES string of the molecule is CCOc1cccc(N2C(=O)CC(N(C)Cc3ccccc3)C2=O)c1. The lowest BCUT2D eigenvalue weighted by Crippen LogP contribution is -2.39. The fourth-order valence-corrected chi connectivity index (χ4v) is 3.09. The molecule has 1 aliphatic rings. The van der Waals surface area contributed by atoms with Crippen molar-refractivity contribution < 1.29 is 14.3 Å². The average Bonchev–Trinajstić information content (AvgIpc) is 2.91. The second-order valence-electron chi connectivity index (χ2n) is 6.12. The molecule has 130 valence electrons. The summed E-state index contributed by atoms with van der Waals surface area (Å²) in [5.41, 5.74) is 1.68. The molecule has 1 unspecified atom stereocenters. The number of nitrogens with zero attached hydrogens (tertiary/aromatic N) is 2. The van der Waals surface area contributed by atoms with Gasteiger partial charge in [0.2, 0.25) is 5.91 Å². The number of likely N-dealkylation sites (N-methyl/N-ethyl adjacent to an activating group) is 1. The molecule has 0 bridgehead atoms. The van der Waals surface area contributed by atoms with Crippen LogP contribution in [0.2, 0.25) is 0 Å². The summed E-state index contributed by atoms with van der Waals surface area (Å²) >= 11 is 0. The van der Waals surface area contributed by atoms with Gasteiger partial charge in [-0.05, 0) is 31.7 Å². The summed E-state index contributed by atoms with van der Waals surface area (Å²) in [6, 6.07) is 16.6. The molecule has 5 nitrogen and oxygen atoms in total. The summed E-state index contributed by atoms with van der Waals surface area (Å²) in [4.78, 5) is 28.5. The Balaban J connectivity index is 1.77. The van der Waals surface area contributed by atoms with Crippen LogP contribution in [0.3, 0.4) is 0 Å². The quantitative estimate of drug-likeness (QED) is 0.760. The van der Waals surface area contributed by atoms with E-state index in [2.05, 4.69) is 0 Å². The average molecular weight is 338 g/mol.